The van der Waals surface area contributed by atoms with Gasteiger partial charge >= 0.3 is 12.1 Å². The standard InChI is InChI=1S/2C19H18N6O3/c2*1-24(19(28)23-16-6-4-13(9-20)10-21-16)17-7-5-14(15(12-26)22-17)11-25-8-2-3-18(25)27/h2*4-7,10,12H,2-3,8,11H2,1H3,(H,21,23,28). The van der Waals surface area contributed by atoms with E-state index in [0.717, 1.165) is 12.8 Å². The minimum atomic E-state index is -0.496. The molecule has 2 fully saturated rings. The monoisotopic (exact) mass is 756 g/mol. The Morgan fingerprint density at radius 2 is 1.11 bits per heavy atom. The van der Waals surface area contributed by atoms with Crippen molar-refractivity contribution in [2.24, 2.45) is 0 Å². The lowest BCUT2D eigenvalue weighted by Gasteiger charge is -2.20. The molecule has 0 saturated carbocycles. The van der Waals surface area contributed by atoms with Crippen LogP contribution in [0.2, 0.25) is 0 Å². The third-order valence-electron chi connectivity index (χ3n) is 8.84. The number of nitrogens with zero attached hydrogens (tertiary/aromatic N) is 10. The predicted octanol–water partition coefficient (Wildman–Crippen LogP) is 3.90. The van der Waals surface area contributed by atoms with Crippen molar-refractivity contribution < 1.29 is 28.8 Å². The van der Waals surface area contributed by atoms with Crippen LogP contribution < -0.4 is 20.4 Å². The molecule has 56 heavy (non-hydrogen) atoms. The molecule has 2 saturated heterocycles. The number of nitrogens with one attached hydrogen (secondary N) is 2. The molecule has 2 N–H and O–H groups in total. The number of carbonyl (C=O) groups excluding carboxylic acids is 6. The Morgan fingerprint density at radius 1 is 0.696 bits per heavy atom. The SMILES string of the molecule is CN(C(=O)Nc1ccc(C#N)cn1)c1ccc(CN2CCCC2=O)c(C=O)n1.CN(C(=O)Nc1ccc(C#N)cn1)c1ccc(CN2CCCC2=O)c(C=O)n1. The zero-order chi connectivity index (χ0) is 40.2. The highest BCUT2D eigenvalue weighted by Gasteiger charge is 2.24. The lowest BCUT2D eigenvalue weighted by Crippen LogP contribution is -2.32. The third kappa shape index (κ3) is 9.88. The summed E-state index contributed by atoms with van der Waals surface area (Å²) in [7, 11) is 3.03. The maximum atomic E-state index is 12.4. The average Bonchev–Trinajstić information content (AvgIpc) is 3.83. The molecule has 18 nitrogen and oxygen atoms in total. The number of amides is 6. The highest BCUT2D eigenvalue weighted by atomic mass is 16.2. The van der Waals surface area contributed by atoms with Gasteiger partial charge in [0.05, 0.1) is 11.1 Å². The average molecular weight is 757 g/mol. The molecule has 0 aliphatic carbocycles. The fraction of sp³-hybridized carbons (Fsp3) is 0.263. The molecule has 0 atom stereocenters. The topological polar surface area (TPSA) is 239 Å². The number of urea groups is 2. The first-order chi connectivity index (χ1) is 27.0. The maximum Gasteiger partial charge on any atom is 0.328 e. The second kappa shape index (κ2) is 18.4. The first-order valence-electron chi connectivity index (χ1n) is 17.3. The zero-order valence-electron chi connectivity index (χ0n) is 30.5. The number of hydrogen-bond acceptors (Lipinski definition) is 12. The summed E-state index contributed by atoms with van der Waals surface area (Å²) in [6, 6.07) is 15.7. The Morgan fingerprint density at radius 3 is 1.41 bits per heavy atom. The summed E-state index contributed by atoms with van der Waals surface area (Å²) >= 11 is 0. The molecular weight excluding hydrogens is 720 g/mol. The number of pyridine rings is 4. The minimum Gasteiger partial charge on any atom is -0.338 e. The van der Waals surface area contributed by atoms with Crippen LogP contribution in [-0.4, -0.2) is 93.4 Å². The van der Waals surface area contributed by atoms with Crippen LogP contribution >= 0.6 is 0 Å². The van der Waals surface area contributed by atoms with Gasteiger partial charge in [-0.15, -0.1) is 0 Å². The number of rotatable bonds is 10. The van der Waals surface area contributed by atoms with Crippen LogP contribution in [0.4, 0.5) is 32.9 Å². The van der Waals surface area contributed by atoms with Gasteiger partial charge in [-0.05, 0) is 49.2 Å². The van der Waals surface area contributed by atoms with E-state index in [1.807, 2.05) is 12.1 Å². The van der Waals surface area contributed by atoms with Gasteiger partial charge in [-0.1, -0.05) is 12.1 Å². The number of aldehydes is 2. The van der Waals surface area contributed by atoms with Crippen LogP contribution in [0.5, 0.6) is 0 Å². The van der Waals surface area contributed by atoms with E-state index in [4.69, 9.17) is 10.5 Å². The number of likely N-dealkylation sites (tertiary alicyclic amines) is 2. The molecule has 0 spiro atoms. The summed E-state index contributed by atoms with van der Waals surface area (Å²) in [6.07, 6.45) is 6.61. The van der Waals surface area contributed by atoms with Crippen LogP contribution in [0.15, 0.2) is 60.9 Å². The van der Waals surface area contributed by atoms with Crippen molar-refractivity contribution in [3.8, 4) is 12.1 Å². The van der Waals surface area contributed by atoms with Crippen LogP contribution in [0, 0.1) is 22.7 Å². The van der Waals surface area contributed by atoms with Gasteiger partial charge in [0, 0.05) is 76.6 Å². The molecule has 18 heteroatoms. The fourth-order valence-corrected chi connectivity index (χ4v) is 5.65. The Labute approximate surface area is 321 Å². The second-order valence-electron chi connectivity index (χ2n) is 12.6. The van der Waals surface area contributed by atoms with Gasteiger partial charge in [-0.3, -0.25) is 39.6 Å². The molecule has 0 unspecified atom stereocenters. The van der Waals surface area contributed by atoms with Gasteiger partial charge in [0.15, 0.2) is 12.6 Å². The van der Waals surface area contributed by atoms with Crippen molar-refractivity contribution >= 4 is 59.7 Å². The van der Waals surface area contributed by atoms with Crippen molar-refractivity contribution in [2.45, 2.75) is 38.8 Å². The van der Waals surface area contributed by atoms with Crippen LogP contribution in [0.25, 0.3) is 0 Å². The Hall–Kier alpha value is -7.60. The first kappa shape index (κ1) is 39.6. The van der Waals surface area contributed by atoms with E-state index in [-0.39, 0.29) is 46.5 Å². The van der Waals surface area contributed by atoms with E-state index >= 15 is 0 Å². The van der Waals surface area contributed by atoms with Gasteiger partial charge in [-0.25, -0.2) is 29.5 Å². The number of hydrogen-bond donors (Lipinski definition) is 2. The van der Waals surface area contributed by atoms with Crippen molar-refractivity contribution in [1.29, 1.82) is 10.5 Å². The molecule has 6 heterocycles. The summed E-state index contributed by atoms with van der Waals surface area (Å²) < 4.78 is 0. The van der Waals surface area contributed by atoms with Crippen molar-refractivity contribution in [1.82, 2.24) is 29.7 Å². The fourth-order valence-electron chi connectivity index (χ4n) is 5.65. The maximum absolute atomic E-state index is 12.4. The summed E-state index contributed by atoms with van der Waals surface area (Å²) in [4.78, 5) is 93.6. The molecule has 4 aromatic rings. The highest BCUT2D eigenvalue weighted by molar-refractivity contribution is 6.01. The van der Waals surface area contributed by atoms with E-state index in [2.05, 4.69) is 30.6 Å². The lowest BCUT2D eigenvalue weighted by molar-refractivity contribution is -0.129. The van der Waals surface area contributed by atoms with Gasteiger partial charge in [0.1, 0.15) is 46.8 Å². The zero-order valence-corrected chi connectivity index (χ0v) is 30.5. The van der Waals surface area contributed by atoms with E-state index < -0.39 is 12.1 Å². The van der Waals surface area contributed by atoms with E-state index in [9.17, 15) is 28.8 Å². The van der Waals surface area contributed by atoms with Gasteiger partial charge in [-0.2, -0.15) is 10.5 Å². The van der Waals surface area contributed by atoms with E-state index in [0.29, 0.717) is 73.8 Å². The molecule has 6 rings (SSSR count). The summed E-state index contributed by atoms with van der Waals surface area (Å²) in [5.74, 6) is 1.26. The molecular formula is C38H36N12O6. The van der Waals surface area contributed by atoms with Crippen LogP contribution in [-0.2, 0) is 22.7 Å². The number of aromatic nitrogens is 4. The third-order valence-corrected chi connectivity index (χ3v) is 8.84. The Kier molecular flexibility index (Phi) is 13.0. The van der Waals surface area contributed by atoms with Crippen molar-refractivity contribution in [3.63, 3.8) is 0 Å². The normalized spacial score (nSPS) is 13.1. The molecule has 0 bridgehead atoms. The molecule has 2 aliphatic heterocycles. The smallest absolute Gasteiger partial charge is 0.328 e. The van der Waals surface area contributed by atoms with Crippen molar-refractivity contribution in [3.05, 3.63) is 94.6 Å². The second-order valence-corrected chi connectivity index (χ2v) is 12.6. The summed E-state index contributed by atoms with van der Waals surface area (Å²) in [6.45, 7) is 1.98. The molecule has 2 aliphatic rings. The molecule has 284 valence electrons. The Bertz CT molecular complexity index is 2060. The van der Waals surface area contributed by atoms with E-state index in [1.54, 1.807) is 46.2 Å². The summed E-state index contributed by atoms with van der Waals surface area (Å²) in [5.41, 5.74) is 2.42. The molecule has 4 aromatic heterocycles. The van der Waals surface area contributed by atoms with Crippen LogP contribution in [0.3, 0.4) is 0 Å². The number of anilines is 4. The number of carbonyl (C=O) groups is 6. The summed E-state index contributed by atoms with van der Waals surface area (Å²) in [5, 5.41) is 22.7. The Balaban J connectivity index is 0.000000214. The van der Waals surface area contributed by atoms with Gasteiger partial charge < -0.3 is 9.80 Å². The molecule has 0 radical (unpaired) electrons. The quantitative estimate of drug-likeness (QED) is 0.219. The first-order valence-corrected chi connectivity index (χ1v) is 17.3. The van der Waals surface area contributed by atoms with Crippen LogP contribution in [0.1, 0.15) is 68.9 Å². The highest BCUT2D eigenvalue weighted by Crippen LogP contribution is 2.21. The minimum absolute atomic E-state index is 0.0623. The predicted molar refractivity (Wildman–Crippen MR) is 201 cm³/mol. The van der Waals surface area contributed by atoms with Crippen molar-refractivity contribution in [2.75, 3.05) is 47.6 Å². The largest absolute Gasteiger partial charge is 0.338 e. The molecule has 6 amide bonds. The number of nitriles is 2. The van der Waals surface area contributed by atoms with Gasteiger partial charge in [0.2, 0.25) is 11.8 Å². The molecule has 0 aromatic carbocycles. The lowest BCUT2D eigenvalue weighted by atomic mass is 10.2. The van der Waals surface area contributed by atoms with Gasteiger partial charge in [0.25, 0.3) is 0 Å². The van der Waals surface area contributed by atoms with E-state index in [1.165, 1.54) is 48.4 Å².